The molecule has 13 aromatic rings. The molecule has 0 spiro atoms. The summed E-state index contributed by atoms with van der Waals surface area (Å²) in [5, 5.41) is 4.91. The number of hydrogen-bond acceptors (Lipinski definition) is 1. The molecule has 0 fully saturated rings. The molecule has 0 aliphatic carbocycles. The van der Waals surface area contributed by atoms with Gasteiger partial charge in [0.1, 0.15) is 0 Å². The Balaban J connectivity index is 1.08. The second-order valence-corrected chi connectivity index (χ2v) is 17.6. The maximum absolute atomic E-state index is 2.47. The Bertz CT molecular complexity index is 3980. The van der Waals surface area contributed by atoms with Crippen LogP contribution in [0.5, 0.6) is 0 Å². The molecule has 0 saturated heterocycles. The van der Waals surface area contributed by atoms with Gasteiger partial charge in [0.25, 0.3) is 0 Å². The van der Waals surface area contributed by atoms with Gasteiger partial charge in [-0.2, -0.15) is 0 Å². The minimum absolute atomic E-state index is 1.06. The highest BCUT2D eigenvalue weighted by Crippen LogP contribution is 2.49. The summed E-state index contributed by atoms with van der Waals surface area (Å²) >= 11 is 0. The molecule has 11 aromatic carbocycles. The standard InChI is InChI=1S/C66H45N3/c1-5-21-46(22-6-1)53-29-13-14-32-59(53)65-54(47-23-7-2-8-24-47)33-20-38-63(65)67(52-43-44-58-56-30-15-17-36-61(56)68(64(58)45-52)49-25-9-3-10-26-49)51-41-39-48(40-42-51)55-34-19-35-60-57-31-16-18-37-62(57)69(66(55)60)50-27-11-4-12-28-50/h1-45H. The van der Waals surface area contributed by atoms with E-state index in [0.29, 0.717) is 0 Å². The van der Waals surface area contributed by atoms with Crippen LogP contribution in [0.15, 0.2) is 273 Å². The number of anilines is 3. The van der Waals surface area contributed by atoms with Gasteiger partial charge in [-0.15, -0.1) is 0 Å². The minimum atomic E-state index is 1.06. The average molecular weight is 880 g/mol. The van der Waals surface area contributed by atoms with Crippen LogP contribution in [0.3, 0.4) is 0 Å². The number of benzene rings is 11. The molecule has 0 N–H and O–H groups in total. The Morgan fingerprint density at radius 1 is 0.261 bits per heavy atom. The van der Waals surface area contributed by atoms with E-state index < -0.39 is 0 Å². The van der Waals surface area contributed by atoms with Crippen molar-refractivity contribution in [3.8, 4) is 55.9 Å². The van der Waals surface area contributed by atoms with Crippen LogP contribution in [0.2, 0.25) is 0 Å². The molecule has 13 rings (SSSR count). The highest BCUT2D eigenvalue weighted by Gasteiger charge is 2.25. The van der Waals surface area contributed by atoms with Crippen molar-refractivity contribution in [2.45, 2.75) is 0 Å². The molecule has 2 aromatic heterocycles. The SMILES string of the molecule is c1ccc(-c2ccccc2-c2c(-c3ccccc3)cccc2N(c2ccc(-c3cccc4c5ccccc5n(-c5ccccc5)c34)cc2)c2ccc3c4ccccc4n(-c4ccccc4)c3c2)cc1. The lowest BCUT2D eigenvalue weighted by atomic mass is 9.87. The van der Waals surface area contributed by atoms with Gasteiger partial charge in [-0.1, -0.05) is 206 Å². The molecule has 0 saturated carbocycles. The summed E-state index contributed by atoms with van der Waals surface area (Å²) in [5.41, 5.74) is 19.5. The Kier molecular flexibility index (Phi) is 9.84. The quantitative estimate of drug-likeness (QED) is 0.141. The predicted octanol–water partition coefficient (Wildman–Crippen LogP) is 18.0. The predicted molar refractivity (Wildman–Crippen MR) is 292 cm³/mol. The van der Waals surface area contributed by atoms with Gasteiger partial charge in [-0.3, -0.25) is 0 Å². The highest BCUT2D eigenvalue weighted by atomic mass is 15.1. The number of fused-ring (bicyclic) bond motifs is 6. The summed E-state index contributed by atoms with van der Waals surface area (Å²) in [4.78, 5) is 2.47. The van der Waals surface area contributed by atoms with Crippen molar-refractivity contribution in [2.75, 3.05) is 4.90 Å². The van der Waals surface area contributed by atoms with E-state index >= 15 is 0 Å². The van der Waals surface area contributed by atoms with Gasteiger partial charge in [0.15, 0.2) is 0 Å². The lowest BCUT2D eigenvalue weighted by molar-refractivity contribution is 1.18. The highest BCUT2D eigenvalue weighted by molar-refractivity contribution is 6.14. The van der Waals surface area contributed by atoms with E-state index in [1.165, 1.54) is 60.3 Å². The largest absolute Gasteiger partial charge is 0.310 e. The van der Waals surface area contributed by atoms with E-state index in [1.807, 2.05) is 0 Å². The van der Waals surface area contributed by atoms with Crippen LogP contribution >= 0.6 is 0 Å². The summed E-state index contributed by atoms with van der Waals surface area (Å²) in [6, 6.07) is 99.3. The number of nitrogens with zero attached hydrogens (tertiary/aromatic N) is 3. The Labute approximate surface area is 401 Å². The number of hydrogen-bond donors (Lipinski definition) is 0. The Hall–Kier alpha value is -9.18. The molecule has 0 atom stereocenters. The maximum atomic E-state index is 2.47. The Morgan fingerprint density at radius 2 is 0.710 bits per heavy atom. The zero-order valence-electron chi connectivity index (χ0n) is 37.8. The fourth-order valence-corrected chi connectivity index (χ4v) is 10.7. The molecule has 0 radical (unpaired) electrons. The van der Waals surface area contributed by atoms with Gasteiger partial charge in [0.2, 0.25) is 0 Å². The van der Waals surface area contributed by atoms with Gasteiger partial charge in [0.05, 0.1) is 27.8 Å². The first-order chi connectivity index (χ1) is 34.3. The third kappa shape index (κ3) is 6.82. The fraction of sp³-hybridized carbons (Fsp3) is 0. The molecule has 3 heteroatoms. The Morgan fingerprint density at radius 3 is 1.39 bits per heavy atom. The lowest BCUT2D eigenvalue weighted by Gasteiger charge is -2.30. The van der Waals surface area contributed by atoms with E-state index in [1.54, 1.807) is 0 Å². The van der Waals surface area contributed by atoms with Crippen LogP contribution in [0.4, 0.5) is 17.1 Å². The smallest absolute Gasteiger partial charge is 0.0619 e. The first kappa shape index (κ1) is 40.1. The molecule has 2 heterocycles. The number of aromatic nitrogens is 2. The molecule has 0 amide bonds. The molecular weight excluding hydrogens is 835 g/mol. The summed E-state index contributed by atoms with van der Waals surface area (Å²) in [7, 11) is 0. The first-order valence-corrected chi connectivity index (χ1v) is 23.7. The van der Waals surface area contributed by atoms with E-state index in [-0.39, 0.29) is 0 Å². The van der Waals surface area contributed by atoms with Crippen molar-refractivity contribution in [1.29, 1.82) is 0 Å². The molecule has 69 heavy (non-hydrogen) atoms. The van der Waals surface area contributed by atoms with Crippen molar-refractivity contribution in [1.82, 2.24) is 9.13 Å². The van der Waals surface area contributed by atoms with Crippen LogP contribution in [0, 0.1) is 0 Å². The van der Waals surface area contributed by atoms with Crippen molar-refractivity contribution >= 4 is 60.7 Å². The van der Waals surface area contributed by atoms with Crippen LogP contribution in [0.1, 0.15) is 0 Å². The third-order valence-corrected chi connectivity index (χ3v) is 13.7. The van der Waals surface area contributed by atoms with Gasteiger partial charge in [-0.25, -0.2) is 0 Å². The topological polar surface area (TPSA) is 13.1 Å². The summed E-state index contributed by atoms with van der Waals surface area (Å²) in [6.07, 6.45) is 0. The molecule has 324 valence electrons. The van der Waals surface area contributed by atoms with E-state index in [9.17, 15) is 0 Å². The van der Waals surface area contributed by atoms with E-state index in [2.05, 4.69) is 287 Å². The minimum Gasteiger partial charge on any atom is -0.310 e. The second-order valence-electron chi connectivity index (χ2n) is 17.6. The van der Waals surface area contributed by atoms with Crippen molar-refractivity contribution in [2.24, 2.45) is 0 Å². The van der Waals surface area contributed by atoms with Gasteiger partial charge in [0, 0.05) is 55.4 Å². The van der Waals surface area contributed by atoms with Crippen molar-refractivity contribution < 1.29 is 0 Å². The van der Waals surface area contributed by atoms with Crippen molar-refractivity contribution in [3.63, 3.8) is 0 Å². The van der Waals surface area contributed by atoms with E-state index in [0.717, 1.165) is 56.2 Å². The summed E-state index contributed by atoms with van der Waals surface area (Å²) in [6.45, 7) is 0. The fourth-order valence-electron chi connectivity index (χ4n) is 10.7. The van der Waals surface area contributed by atoms with Crippen LogP contribution < -0.4 is 4.90 Å². The van der Waals surface area contributed by atoms with E-state index in [4.69, 9.17) is 0 Å². The summed E-state index contributed by atoms with van der Waals surface area (Å²) in [5.74, 6) is 0. The molecular formula is C66H45N3. The molecule has 0 aliphatic rings. The number of para-hydroxylation sites is 5. The van der Waals surface area contributed by atoms with Crippen molar-refractivity contribution in [3.05, 3.63) is 273 Å². The average Bonchev–Trinajstić information content (AvgIpc) is 3.95. The van der Waals surface area contributed by atoms with Crippen LogP contribution in [0.25, 0.3) is 99.5 Å². The zero-order chi connectivity index (χ0) is 45.7. The lowest BCUT2D eigenvalue weighted by Crippen LogP contribution is -2.12. The zero-order valence-corrected chi connectivity index (χ0v) is 37.8. The number of rotatable bonds is 9. The summed E-state index contributed by atoms with van der Waals surface area (Å²) < 4.78 is 4.83. The molecule has 0 aliphatic heterocycles. The van der Waals surface area contributed by atoms with Crippen LogP contribution in [-0.2, 0) is 0 Å². The third-order valence-electron chi connectivity index (χ3n) is 13.7. The van der Waals surface area contributed by atoms with Gasteiger partial charge in [-0.05, 0) is 100 Å². The van der Waals surface area contributed by atoms with Gasteiger partial charge >= 0.3 is 0 Å². The molecule has 3 nitrogen and oxygen atoms in total. The van der Waals surface area contributed by atoms with Crippen LogP contribution in [-0.4, -0.2) is 9.13 Å². The maximum Gasteiger partial charge on any atom is 0.0619 e. The normalized spacial score (nSPS) is 11.5. The first-order valence-electron chi connectivity index (χ1n) is 23.7. The molecule has 0 bridgehead atoms. The monoisotopic (exact) mass is 879 g/mol. The second kappa shape index (κ2) is 16.9. The molecule has 0 unspecified atom stereocenters. The van der Waals surface area contributed by atoms with Gasteiger partial charge < -0.3 is 14.0 Å².